The van der Waals surface area contributed by atoms with E-state index in [1.54, 1.807) is 11.3 Å². The molecular formula is C16H23N3OS. The molecule has 1 fully saturated rings. The van der Waals surface area contributed by atoms with Crippen molar-refractivity contribution >= 4 is 11.3 Å². The van der Waals surface area contributed by atoms with Gasteiger partial charge in [-0.05, 0) is 63.8 Å². The van der Waals surface area contributed by atoms with E-state index >= 15 is 0 Å². The summed E-state index contributed by atoms with van der Waals surface area (Å²) in [6, 6.07) is 4.09. The summed E-state index contributed by atoms with van der Waals surface area (Å²) in [7, 11) is 2.04. The van der Waals surface area contributed by atoms with Gasteiger partial charge in [-0.25, -0.2) is 4.98 Å². The smallest absolute Gasteiger partial charge is 0.236 e. The van der Waals surface area contributed by atoms with Crippen LogP contribution in [0, 0.1) is 12.8 Å². The van der Waals surface area contributed by atoms with E-state index in [4.69, 9.17) is 9.40 Å². The molecule has 3 heterocycles. The average Bonchev–Trinajstić information content (AvgIpc) is 3.12. The molecule has 5 heteroatoms. The van der Waals surface area contributed by atoms with E-state index in [1.807, 2.05) is 20.0 Å². The molecule has 0 spiro atoms. The fraction of sp³-hybridized carbons (Fsp3) is 0.562. The second-order valence-electron chi connectivity index (χ2n) is 5.78. The molecule has 2 aromatic rings. The van der Waals surface area contributed by atoms with Crippen LogP contribution in [0.5, 0.6) is 0 Å². The molecule has 0 radical (unpaired) electrons. The molecule has 0 atom stereocenters. The molecule has 4 nitrogen and oxygen atoms in total. The Labute approximate surface area is 130 Å². The Morgan fingerprint density at radius 3 is 2.90 bits per heavy atom. The van der Waals surface area contributed by atoms with Gasteiger partial charge in [-0.1, -0.05) is 6.07 Å². The Kier molecular flexibility index (Phi) is 4.73. The van der Waals surface area contributed by atoms with Gasteiger partial charge in [0, 0.05) is 6.54 Å². The quantitative estimate of drug-likeness (QED) is 0.921. The minimum atomic E-state index is 0.766. The van der Waals surface area contributed by atoms with Crippen molar-refractivity contribution in [1.82, 2.24) is 15.2 Å². The van der Waals surface area contributed by atoms with Crippen molar-refractivity contribution in [2.45, 2.75) is 26.3 Å². The van der Waals surface area contributed by atoms with Crippen LogP contribution < -0.4 is 5.32 Å². The Balaban J connectivity index is 1.61. The summed E-state index contributed by atoms with van der Waals surface area (Å²) in [4.78, 5) is 8.30. The molecule has 114 valence electrons. The van der Waals surface area contributed by atoms with Crippen LogP contribution in [-0.2, 0) is 6.54 Å². The van der Waals surface area contributed by atoms with Gasteiger partial charge >= 0.3 is 0 Å². The first-order valence-corrected chi connectivity index (χ1v) is 8.51. The minimum absolute atomic E-state index is 0.766. The molecule has 1 aliphatic rings. The minimum Gasteiger partial charge on any atom is -0.440 e. The molecule has 0 saturated carbocycles. The van der Waals surface area contributed by atoms with Crippen LogP contribution in [0.25, 0.3) is 10.8 Å². The summed E-state index contributed by atoms with van der Waals surface area (Å²) < 4.78 is 5.82. The number of nitrogens with zero attached hydrogens (tertiary/aromatic N) is 2. The fourth-order valence-corrected chi connectivity index (χ4v) is 3.58. The van der Waals surface area contributed by atoms with Gasteiger partial charge in [0.25, 0.3) is 0 Å². The number of hydrogen-bond donors (Lipinski definition) is 1. The van der Waals surface area contributed by atoms with Crippen LogP contribution in [0.2, 0.25) is 0 Å². The van der Waals surface area contributed by atoms with Crippen molar-refractivity contribution in [1.29, 1.82) is 0 Å². The van der Waals surface area contributed by atoms with E-state index in [9.17, 15) is 0 Å². The van der Waals surface area contributed by atoms with Gasteiger partial charge in [-0.3, -0.25) is 4.90 Å². The molecule has 3 rings (SSSR count). The van der Waals surface area contributed by atoms with E-state index in [0.29, 0.717) is 0 Å². The number of thiophene rings is 1. The molecular weight excluding hydrogens is 282 g/mol. The lowest BCUT2D eigenvalue weighted by molar-refractivity contribution is 0.174. The van der Waals surface area contributed by atoms with Crippen LogP contribution in [0.3, 0.4) is 0 Å². The third-order valence-electron chi connectivity index (χ3n) is 4.20. The second kappa shape index (κ2) is 6.73. The molecule has 0 amide bonds. The lowest BCUT2D eigenvalue weighted by Gasteiger charge is -2.31. The predicted octanol–water partition coefficient (Wildman–Crippen LogP) is 3.14. The normalized spacial score (nSPS) is 17.4. The first-order chi connectivity index (χ1) is 10.3. The SMILES string of the molecule is CNCC1CCN(Cc2nc(-c3cccs3)oc2C)CC1. The summed E-state index contributed by atoms with van der Waals surface area (Å²) in [6.45, 7) is 6.39. The number of rotatable bonds is 5. The van der Waals surface area contributed by atoms with Gasteiger partial charge in [0.15, 0.2) is 0 Å². The second-order valence-corrected chi connectivity index (χ2v) is 6.72. The summed E-state index contributed by atoms with van der Waals surface area (Å²) in [6.07, 6.45) is 2.55. The summed E-state index contributed by atoms with van der Waals surface area (Å²) in [5.41, 5.74) is 1.09. The molecule has 1 saturated heterocycles. The van der Waals surface area contributed by atoms with Crippen molar-refractivity contribution in [3.05, 3.63) is 29.0 Å². The standard InChI is InChI=1S/C16H23N3OS/c1-12-14(18-16(20-12)15-4-3-9-21-15)11-19-7-5-13(6-8-19)10-17-2/h3-4,9,13,17H,5-8,10-11H2,1-2H3. The molecule has 21 heavy (non-hydrogen) atoms. The number of likely N-dealkylation sites (tertiary alicyclic amines) is 1. The molecule has 0 bridgehead atoms. The van der Waals surface area contributed by atoms with Crippen molar-refractivity contribution in [3.8, 4) is 10.8 Å². The number of piperidine rings is 1. The number of nitrogens with one attached hydrogen (secondary N) is 1. The van der Waals surface area contributed by atoms with Gasteiger partial charge in [0.1, 0.15) is 5.76 Å². The highest BCUT2D eigenvalue weighted by atomic mass is 32.1. The number of oxazole rings is 1. The summed E-state index contributed by atoms with van der Waals surface area (Å²) in [5.74, 6) is 2.55. The topological polar surface area (TPSA) is 41.3 Å². The van der Waals surface area contributed by atoms with E-state index in [-0.39, 0.29) is 0 Å². The number of aromatic nitrogens is 1. The summed E-state index contributed by atoms with van der Waals surface area (Å²) in [5, 5.41) is 5.34. The average molecular weight is 305 g/mol. The maximum absolute atomic E-state index is 5.82. The highest BCUT2D eigenvalue weighted by Crippen LogP contribution is 2.27. The molecule has 2 aromatic heterocycles. The third kappa shape index (κ3) is 3.54. The van der Waals surface area contributed by atoms with Crippen molar-refractivity contribution in [3.63, 3.8) is 0 Å². The van der Waals surface area contributed by atoms with Crippen LogP contribution in [0.15, 0.2) is 21.9 Å². The Morgan fingerprint density at radius 1 is 1.43 bits per heavy atom. The summed E-state index contributed by atoms with van der Waals surface area (Å²) >= 11 is 1.67. The van der Waals surface area contributed by atoms with Crippen LogP contribution in [0.1, 0.15) is 24.3 Å². The maximum Gasteiger partial charge on any atom is 0.236 e. The van der Waals surface area contributed by atoms with Gasteiger partial charge in [-0.2, -0.15) is 0 Å². The van der Waals surface area contributed by atoms with E-state index in [1.165, 1.54) is 12.8 Å². The van der Waals surface area contributed by atoms with Crippen LogP contribution in [0.4, 0.5) is 0 Å². The fourth-order valence-electron chi connectivity index (χ4n) is 2.93. The van der Waals surface area contributed by atoms with Crippen LogP contribution >= 0.6 is 11.3 Å². The highest BCUT2D eigenvalue weighted by Gasteiger charge is 2.21. The predicted molar refractivity (Wildman–Crippen MR) is 86.5 cm³/mol. The zero-order valence-corrected chi connectivity index (χ0v) is 13.6. The van der Waals surface area contributed by atoms with Crippen molar-refractivity contribution in [2.75, 3.05) is 26.7 Å². The number of aryl methyl sites for hydroxylation is 1. The monoisotopic (exact) mass is 305 g/mol. The lowest BCUT2D eigenvalue weighted by atomic mass is 9.97. The Bertz CT molecular complexity index is 556. The largest absolute Gasteiger partial charge is 0.440 e. The van der Waals surface area contributed by atoms with Gasteiger partial charge in [-0.15, -0.1) is 11.3 Å². The first-order valence-electron chi connectivity index (χ1n) is 7.63. The number of hydrogen-bond acceptors (Lipinski definition) is 5. The maximum atomic E-state index is 5.82. The molecule has 1 aliphatic heterocycles. The molecule has 1 N–H and O–H groups in total. The van der Waals surface area contributed by atoms with Crippen molar-refractivity contribution < 1.29 is 4.42 Å². The van der Waals surface area contributed by atoms with E-state index < -0.39 is 0 Å². The molecule has 0 aromatic carbocycles. The van der Waals surface area contributed by atoms with E-state index in [2.05, 4.69) is 21.7 Å². The first kappa shape index (κ1) is 14.8. The van der Waals surface area contributed by atoms with Crippen LogP contribution in [-0.4, -0.2) is 36.6 Å². The Hall–Kier alpha value is -1.17. The zero-order chi connectivity index (χ0) is 14.7. The third-order valence-corrected chi connectivity index (χ3v) is 5.06. The molecule has 0 aliphatic carbocycles. The van der Waals surface area contributed by atoms with Crippen molar-refractivity contribution in [2.24, 2.45) is 5.92 Å². The lowest BCUT2D eigenvalue weighted by Crippen LogP contribution is -2.36. The van der Waals surface area contributed by atoms with Gasteiger partial charge in [0.2, 0.25) is 5.89 Å². The van der Waals surface area contributed by atoms with E-state index in [0.717, 1.165) is 54.3 Å². The Morgan fingerprint density at radius 2 is 2.24 bits per heavy atom. The highest BCUT2D eigenvalue weighted by molar-refractivity contribution is 7.13. The van der Waals surface area contributed by atoms with Gasteiger partial charge < -0.3 is 9.73 Å². The van der Waals surface area contributed by atoms with Gasteiger partial charge in [0.05, 0.1) is 10.6 Å². The zero-order valence-electron chi connectivity index (χ0n) is 12.8. The molecule has 0 unspecified atom stereocenters.